The zero-order chi connectivity index (χ0) is 30.6. The Morgan fingerprint density at radius 3 is 1.83 bits per heavy atom. The maximum Gasteiger partial charge on any atom is 0.166 e. The molecular weight excluding hydrogens is 576 g/mol. The molecule has 218 valence electrons. The summed E-state index contributed by atoms with van der Waals surface area (Å²) in [7, 11) is 0. The van der Waals surface area contributed by atoms with E-state index >= 15 is 0 Å². The highest BCUT2D eigenvalue weighted by atomic mass is 15.1. The lowest BCUT2D eigenvalue weighted by Gasteiger charge is -2.11. The Hall–Kier alpha value is -6.53. The predicted molar refractivity (Wildman–Crippen MR) is 192 cm³/mol. The zero-order valence-electron chi connectivity index (χ0n) is 25.0. The fourth-order valence-corrected chi connectivity index (χ4v) is 7.81. The highest BCUT2D eigenvalue weighted by Gasteiger charge is 2.23. The van der Waals surface area contributed by atoms with Gasteiger partial charge in [-0.15, -0.1) is 0 Å². The maximum absolute atomic E-state index is 5.12. The van der Waals surface area contributed by atoms with Crippen molar-refractivity contribution >= 4 is 82.2 Å². The summed E-state index contributed by atoms with van der Waals surface area (Å²) < 4.78 is 6.91. The van der Waals surface area contributed by atoms with Gasteiger partial charge in [-0.25, -0.2) is 15.0 Å². The van der Waals surface area contributed by atoms with Crippen LogP contribution < -0.4 is 0 Å². The molecule has 47 heavy (non-hydrogen) atoms. The molecule has 0 saturated carbocycles. The van der Waals surface area contributed by atoms with Gasteiger partial charge in [0.05, 0.1) is 22.1 Å². The zero-order valence-corrected chi connectivity index (χ0v) is 25.0. The molecule has 0 amide bonds. The highest BCUT2D eigenvalue weighted by molar-refractivity contribution is 6.31. The molecule has 6 heterocycles. The van der Waals surface area contributed by atoms with Crippen molar-refractivity contribution in [2.45, 2.75) is 0 Å². The second-order valence-electron chi connectivity index (χ2n) is 12.1. The first-order valence-corrected chi connectivity index (χ1v) is 15.8. The van der Waals surface area contributed by atoms with Crippen molar-refractivity contribution in [3.05, 3.63) is 146 Å². The SMILES string of the molecule is c1ccc(-n2c3ccccc3c3cc4c5c6c7cccnc7n7c8ncccc8nc7c6ccc5n(-c5ccccc5)c4cc32)cc1. The number of rotatable bonds is 2. The number of para-hydroxylation sites is 3. The molecule has 11 aromatic rings. The van der Waals surface area contributed by atoms with Crippen molar-refractivity contribution in [2.24, 2.45) is 0 Å². The van der Waals surface area contributed by atoms with Gasteiger partial charge in [-0.1, -0.05) is 54.6 Å². The average molecular weight is 601 g/mol. The van der Waals surface area contributed by atoms with Gasteiger partial charge in [0.1, 0.15) is 16.8 Å². The summed E-state index contributed by atoms with van der Waals surface area (Å²) in [5.74, 6) is 0. The van der Waals surface area contributed by atoms with E-state index in [2.05, 4.69) is 129 Å². The summed E-state index contributed by atoms with van der Waals surface area (Å²) in [6, 6.07) is 47.5. The van der Waals surface area contributed by atoms with E-state index in [4.69, 9.17) is 15.0 Å². The molecule has 0 N–H and O–H groups in total. The summed E-state index contributed by atoms with van der Waals surface area (Å²) in [6.45, 7) is 0. The third-order valence-electron chi connectivity index (χ3n) is 9.68. The predicted octanol–water partition coefficient (Wildman–Crippen LogP) is 9.78. The lowest BCUT2D eigenvalue weighted by molar-refractivity contribution is 1.16. The standard InChI is InChI=1S/C41H24N6/c1-3-11-25(12-4-1)45-33-18-8-7-15-27(33)30-23-31-36(24-35(30)45)46(26-13-5-2-6-14-26)34-20-19-29-37(38(31)34)28-16-9-21-42-39(28)47-40(29)44-32-17-10-22-43-41(32)47/h1-24H. The topological polar surface area (TPSA) is 52.9 Å². The second-order valence-corrected chi connectivity index (χ2v) is 12.1. The van der Waals surface area contributed by atoms with Crippen LogP contribution in [0.1, 0.15) is 0 Å². The van der Waals surface area contributed by atoms with Crippen LogP contribution in [0.3, 0.4) is 0 Å². The Labute approximate surface area is 267 Å². The molecule has 0 saturated heterocycles. The number of hydrogen-bond donors (Lipinski definition) is 0. The molecule has 0 radical (unpaired) electrons. The van der Waals surface area contributed by atoms with Crippen LogP contribution in [0.25, 0.3) is 93.6 Å². The van der Waals surface area contributed by atoms with Crippen LogP contribution in [0.2, 0.25) is 0 Å². The van der Waals surface area contributed by atoms with Gasteiger partial charge in [0.15, 0.2) is 5.65 Å². The normalized spacial score (nSPS) is 12.3. The molecule has 0 fully saturated rings. The van der Waals surface area contributed by atoms with Gasteiger partial charge in [-0.05, 0) is 78.9 Å². The Morgan fingerprint density at radius 2 is 1.02 bits per heavy atom. The lowest BCUT2D eigenvalue weighted by atomic mass is 10.0. The van der Waals surface area contributed by atoms with E-state index in [0.717, 1.165) is 61.0 Å². The van der Waals surface area contributed by atoms with Gasteiger partial charge in [0.2, 0.25) is 0 Å². The molecule has 0 unspecified atom stereocenters. The van der Waals surface area contributed by atoms with Gasteiger partial charge in [-0.3, -0.25) is 4.40 Å². The fraction of sp³-hybridized carbons (Fsp3) is 0. The number of fused-ring (bicyclic) bond motifs is 15. The van der Waals surface area contributed by atoms with Crippen molar-refractivity contribution in [1.82, 2.24) is 28.5 Å². The van der Waals surface area contributed by atoms with Gasteiger partial charge < -0.3 is 9.13 Å². The smallest absolute Gasteiger partial charge is 0.166 e. The molecule has 11 rings (SSSR count). The average Bonchev–Trinajstić information content (AvgIpc) is 3.79. The second kappa shape index (κ2) is 9.02. The van der Waals surface area contributed by atoms with E-state index in [-0.39, 0.29) is 0 Å². The van der Waals surface area contributed by atoms with E-state index in [0.29, 0.717) is 0 Å². The van der Waals surface area contributed by atoms with Gasteiger partial charge in [-0.2, -0.15) is 0 Å². The summed E-state index contributed by atoms with van der Waals surface area (Å²) >= 11 is 0. The van der Waals surface area contributed by atoms with Gasteiger partial charge >= 0.3 is 0 Å². The summed E-state index contributed by atoms with van der Waals surface area (Å²) in [4.78, 5) is 14.8. The van der Waals surface area contributed by atoms with Gasteiger partial charge in [0, 0.05) is 61.5 Å². The third kappa shape index (κ3) is 3.21. The molecule has 6 nitrogen and oxygen atoms in total. The Bertz CT molecular complexity index is 3060. The van der Waals surface area contributed by atoms with Crippen LogP contribution in [-0.4, -0.2) is 28.5 Å². The number of aromatic nitrogens is 6. The third-order valence-corrected chi connectivity index (χ3v) is 9.68. The first-order valence-electron chi connectivity index (χ1n) is 15.8. The molecule has 0 spiro atoms. The minimum atomic E-state index is 0.815. The van der Waals surface area contributed by atoms with Crippen molar-refractivity contribution < 1.29 is 0 Å². The molecule has 0 aliphatic heterocycles. The first kappa shape index (κ1) is 24.8. The molecule has 0 atom stereocenters. The fourth-order valence-electron chi connectivity index (χ4n) is 7.81. The van der Waals surface area contributed by atoms with Crippen LogP contribution in [-0.2, 0) is 0 Å². The van der Waals surface area contributed by atoms with Crippen LogP contribution >= 0.6 is 0 Å². The number of pyridine rings is 3. The number of hydrogen-bond acceptors (Lipinski definition) is 3. The van der Waals surface area contributed by atoms with E-state index in [9.17, 15) is 0 Å². The van der Waals surface area contributed by atoms with E-state index in [1.807, 2.05) is 30.6 Å². The molecule has 6 aromatic heterocycles. The summed E-state index contributed by atoms with van der Waals surface area (Å²) in [5.41, 5.74) is 10.3. The minimum Gasteiger partial charge on any atom is -0.309 e. The number of benzene rings is 5. The Kier molecular flexibility index (Phi) is 4.75. The van der Waals surface area contributed by atoms with E-state index in [1.165, 1.54) is 32.6 Å². The maximum atomic E-state index is 5.12. The minimum absolute atomic E-state index is 0.815. The van der Waals surface area contributed by atoms with Crippen molar-refractivity contribution in [3.63, 3.8) is 0 Å². The first-order chi connectivity index (χ1) is 23.3. The van der Waals surface area contributed by atoms with Crippen LogP contribution in [0.15, 0.2) is 146 Å². The molecule has 0 aliphatic carbocycles. The van der Waals surface area contributed by atoms with Crippen LogP contribution in [0.5, 0.6) is 0 Å². The van der Waals surface area contributed by atoms with Crippen LogP contribution in [0, 0.1) is 0 Å². The van der Waals surface area contributed by atoms with E-state index in [1.54, 1.807) is 0 Å². The molecule has 0 bridgehead atoms. The Balaban J connectivity index is 1.41. The Morgan fingerprint density at radius 1 is 0.383 bits per heavy atom. The van der Waals surface area contributed by atoms with Crippen LogP contribution in [0.4, 0.5) is 0 Å². The number of nitrogens with zero attached hydrogens (tertiary/aromatic N) is 6. The summed E-state index contributed by atoms with van der Waals surface area (Å²) in [5, 5.41) is 8.15. The van der Waals surface area contributed by atoms with Crippen molar-refractivity contribution in [2.75, 3.05) is 0 Å². The highest BCUT2D eigenvalue weighted by Crippen LogP contribution is 2.44. The molecular formula is C41H24N6. The lowest BCUT2D eigenvalue weighted by Crippen LogP contribution is -1.96. The monoisotopic (exact) mass is 600 g/mol. The molecule has 6 heteroatoms. The molecule has 0 aliphatic rings. The van der Waals surface area contributed by atoms with Crippen molar-refractivity contribution in [1.29, 1.82) is 0 Å². The quantitative estimate of drug-likeness (QED) is 0.186. The summed E-state index contributed by atoms with van der Waals surface area (Å²) in [6.07, 6.45) is 3.68. The number of imidazole rings is 1. The van der Waals surface area contributed by atoms with Crippen molar-refractivity contribution in [3.8, 4) is 11.4 Å². The van der Waals surface area contributed by atoms with E-state index < -0.39 is 0 Å². The van der Waals surface area contributed by atoms with Gasteiger partial charge in [0.25, 0.3) is 0 Å². The molecule has 5 aromatic carbocycles. The largest absolute Gasteiger partial charge is 0.309 e.